The smallest absolute Gasteiger partial charge is 0.270 e. The van der Waals surface area contributed by atoms with Crippen molar-refractivity contribution in [2.45, 2.75) is 0 Å². The molecule has 0 saturated carbocycles. The molecule has 118 valence electrons. The molecule has 0 radical (unpaired) electrons. The molecule has 2 heterocycles. The van der Waals surface area contributed by atoms with Crippen LogP contribution in [0.5, 0.6) is 5.88 Å². The highest BCUT2D eigenvalue weighted by atomic mass is 19.1. The number of hydrogen-bond donors (Lipinski definition) is 2. The molecule has 0 atom stereocenters. The first-order valence-corrected chi connectivity index (χ1v) is 6.88. The maximum atomic E-state index is 13.3. The summed E-state index contributed by atoms with van der Waals surface area (Å²) in [5, 5.41) is 21.4. The number of rotatable bonds is 2. The van der Waals surface area contributed by atoms with Gasteiger partial charge in [0.25, 0.3) is 5.69 Å². The fraction of sp³-hybridized carbons (Fsp3) is 0. The molecule has 1 aliphatic heterocycles. The van der Waals surface area contributed by atoms with E-state index in [0.29, 0.717) is 10.9 Å². The van der Waals surface area contributed by atoms with Gasteiger partial charge in [-0.15, -0.1) is 0 Å². The number of aromatic nitrogens is 1. The SMILES string of the molecule is O=C1C(c2c(O)[nH]c3ccc([N+](=O)[O-])cc23)=Nc2ccc(F)cc21. The summed E-state index contributed by atoms with van der Waals surface area (Å²) in [7, 11) is 0. The van der Waals surface area contributed by atoms with Gasteiger partial charge in [-0.25, -0.2) is 9.38 Å². The lowest BCUT2D eigenvalue weighted by Crippen LogP contribution is -2.11. The molecule has 0 amide bonds. The number of aromatic hydroxyl groups is 1. The Labute approximate surface area is 133 Å². The number of halogens is 1. The molecule has 24 heavy (non-hydrogen) atoms. The van der Waals surface area contributed by atoms with Gasteiger partial charge in [-0.05, 0) is 24.3 Å². The minimum atomic E-state index is -0.574. The van der Waals surface area contributed by atoms with E-state index in [0.717, 1.165) is 6.07 Å². The summed E-state index contributed by atoms with van der Waals surface area (Å²) in [5.41, 5.74) is 0.595. The first-order valence-electron chi connectivity index (χ1n) is 6.88. The van der Waals surface area contributed by atoms with Gasteiger partial charge in [-0.2, -0.15) is 0 Å². The zero-order valence-corrected chi connectivity index (χ0v) is 11.9. The molecule has 1 aromatic heterocycles. The molecule has 7 nitrogen and oxygen atoms in total. The van der Waals surface area contributed by atoms with Gasteiger partial charge in [0, 0.05) is 23.0 Å². The second-order valence-corrected chi connectivity index (χ2v) is 5.29. The molecule has 0 unspecified atom stereocenters. The summed E-state index contributed by atoms with van der Waals surface area (Å²) in [6, 6.07) is 7.58. The summed E-state index contributed by atoms with van der Waals surface area (Å²) in [4.78, 5) is 29.7. The Bertz CT molecular complexity index is 1080. The molecule has 0 fully saturated rings. The molecule has 0 spiro atoms. The van der Waals surface area contributed by atoms with Gasteiger partial charge in [0.1, 0.15) is 11.5 Å². The van der Waals surface area contributed by atoms with Crippen LogP contribution in [0, 0.1) is 15.9 Å². The minimum absolute atomic E-state index is 0.0651. The van der Waals surface area contributed by atoms with E-state index in [9.17, 15) is 24.4 Å². The molecule has 8 heteroatoms. The van der Waals surface area contributed by atoms with Crippen LogP contribution in [0.3, 0.4) is 0 Å². The van der Waals surface area contributed by atoms with E-state index in [1.807, 2.05) is 0 Å². The number of ketones is 1. The Morgan fingerprint density at radius 1 is 1.21 bits per heavy atom. The van der Waals surface area contributed by atoms with Gasteiger partial charge in [0.05, 0.1) is 21.7 Å². The summed E-state index contributed by atoms with van der Waals surface area (Å²) < 4.78 is 13.3. The quantitative estimate of drug-likeness (QED) is 0.557. The van der Waals surface area contributed by atoms with Gasteiger partial charge < -0.3 is 10.1 Å². The molecule has 0 bridgehead atoms. The Kier molecular flexibility index (Phi) is 2.77. The van der Waals surface area contributed by atoms with E-state index in [2.05, 4.69) is 9.98 Å². The molecule has 1 aliphatic rings. The van der Waals surface area contributed by atoms with Crippen LogP contribution in [0.1, 0.15) is 15.9 Å². The van der Waals surface area contributed by atoms with Gasteiger partial charge in [0.2, 0.25) is 5.78 Å². The average molecular weight is 325 g/mol. The van der Waals surface area contributed by atoms with Crippen LogP contribution >= 0.6 is 0 Å². The zero-order chi connectivity index (χ0) is 17.0. The summed E-state index contributed by atoms with van der Waals surface area (Å²) in [6.45, 7) is 0. The number of aliphatic imine (C=N–C) groups is 1. The largest absolute Gasteiger partial charge is 0.494 e. The number of non-ortho nitro benzene ring substituents is 1. The van der Waals surface area contributed by atoms with Crippen molar-refractivity contribution in [3.63, 3.8) is 0 Å². The van der Waals surface area contributed by atoms with Gasteiger partial charge >= 0.3 is 0 Å². The number of nitrogens with one attached hydrogen (secondary N) is 1. The number of nitro benzene ring substituents is 1. The maximum Gasteiger partial charge on any atom is 0.270 e. The third-order valence-corrected chi connectivity index (χ3v) is 3.86. The molecule has 0 aliphatic carbocycles. The van der Waals surface area contributed by atoms with Crippen LogP contribution in [0.15, 0.2) is 41.4 Å². The van der Waals surface area contributed by atoms with Crippen LogP contribution in [-0.2, 0) is 0 Å². The summed E-state index contributed by atoms with van der Waals surface area (Å²) in [5.74, 6) is -1.45. The van der Waals surface area contributed by atoms with Crippen molar-refractivity contribution >= 4 is 33.8 Å². The average Bonchev–Trinajstić information content (AvgIpc) is 3.03. The second-order valence-electron chi connectivity index (χ2n) is 5.29. The third-order valence-electron chi connectivity index (χ3n) is 3.86. The standard InChI is InChI=1S/C16H8FN3O4/c17-7-1-3-12-10(5-7)15(21)14(18-12)13-9-6-8(20(23)24)2-4-11(9)19-16(13)22/h1-6,19,22H. The topological polar surface area (TPSA) is 109 Å². The highest BCUT2D eigenvalue weighted by Crippen LogP contribution is 2.36. The zero-order valence-electron chi connectivity index (χ0n) is 11.9. The normalized spacial score (nSPS) is 13.2. The van der Waals surface area contributed by atoms with Gasteiger partial charge in [0.15, 0.2) is 5.88 Å². The van der Waals surface area contributed by atoms with E-state index < -0.39 is 16.5 Å². The van der Waals surface area contributed by atoms with Crippen molar-refractivity contribution in [2.24, 2.45) is 4.99 Å². The molecular weight excluding hydrogens is 317 g/mol. The molecule has 2 N–H and O–H groups in total. The van der Waals surface area contributed by atoms with E-state index in [1.165, 1.54) is 30.3 Å². The van der Waals surface area contributed by atoms with Gasteiger partial charge in [-0.3, -0.25) is 14.9 Å². The number of fused-ring (bicyclic) bond motifs is 2. The maximum absolute atomic E-state index is 13.3. The van der Waals surface area contributed by atoms with Crippen molar-refractivity contribution < 1.29 is 19.2 Å². The predicted molar refractivity (Wildman–Crippen MR) is 83.5 cm³/mol. The van der Waals surface area contributed by atoms with E-state index in [-0.39, 0.29) is 34.1 Å². The number of nitrogens with zero attached hydrogens (tertiary/aromatic N) is 2. The molecule has 0 saturated heterocycles. The van der Waals surface area contributed by atoms with Crippen molar-refractivity contribution in [3.05, 3.63) is 63.5 Å². The summed E-state index contributed by atoms with van der Waals surface area (Å²) >= 11 is 0. The van der Waals surface area contributed by atoms with Crippen LogP contribution in [0.2, 0.25) is 0 Å². The van der Waals surface area contributed by atoms with Crippen LogP contribution < -0.4 is 0 Å². The fourth-order valence-electron chi connectivity index (χ4n) is 2.77. The van der Waals surface area contributed by atoms with E-state index in [1.54, 1.807) is 0 Å². The molecule has 3 aromatic rings. The number of carbonyl (C=O) groups excluding carboxylic acids is 1. The third kappa shape index (κ3) is 1.89. The second kappa shape index (κ2) is 4.72. The van der Waals surface area contributed by atoms with Crippen molar-refractivity contribution in [1.82, 2.24) is 4.98 Å². The fourth-order valence-corrected chi connectivity index (χ4v) is 2.77. The number of Topliss-reactive ketones (excluding diaryl/α,β-unsaturated/α-hetero) is 1. The minimum Gasteiger partial charge on any atom is -0.494 e. The number of nitro groups is 1. The lowest BCUT2D eigenvalue weighted by molar-refractivity contribution is -0.384. The molecular formula is C16H8FN3O4. The van der Waals surface area contributed by atoms with Crippen LogP contribution in [0.4, 0.5) is 15.8 Å². The van der Waals surface area contributed by atoms with Crippen molar-refractivity contribution in [1.29, 1.82) is 0 Å². The first kappa shape index (κ1) is 14.1. The first-order chi connectivity index (χ1) is 11.5. The Morgan fingerprint density at radius 3 is 2.75 bits per heavy atom. The highest BCUT2D eigenvalue weighted by molar-refractivity contribution is 6.56. The molecule has 4 rings (SSSR count). The Hall–Kier alpha value is -3.55. The number of H-pyrrole nitrogens is 1. The van der Waals surface area contributed by atoms with E-state index >= 15 is 0 Å². The Balaban J connectivity index is 1.94. The van der Waals surface area contributed by atoms with E-state index in [4.69, 9.17) is 0 Å². The number of carbonyl (C=O) groups is 1. The van der Waals surface area contributed by atoms with Crippen LogP contribution in [0.25, 0.3) is 10.9 Å². The Morgan fingerprint density at radius 2 is 2.00 bits per heavy atom. The predicted octanol–water partition coefficient (Wildman–Crippen LogP) is 3.24. The van der Waals surface area contributed by atoms with Crippen molar-refractivity contribution in [2.75, 3.05) is 0 Å². The van der Waals surface area contributed by atoms with Crippen molar-refractivity contribution in [3.8, 4) is 5.88 Å². The number of aromatic amines is 1. The van der Waals surface area contributed by atoms with Gasteiger partial charge in [-0.1, -0.05) is 0 Å². The lowest BCUT2D eigenvalue weighted by Gasteiger charge is -1.99. The van der Waals surface area contributed by atoms with Crippen LogP contribution in [-0.4, -0.2) is 26.5 Å². The summed E-state index contributed by atoms with van der Waals surface area (Å²) in [6.07, 6.45) is 0. The number of hydrogen-bond acceptors (Lipinski definition) is 5. The number of benzene rings is 2. The lowest BCUT2D eigenvalue weighted by atomic mass is 10.0. The monoisotopic (exact) mass is 325 g/mol. The highest BCUT2D eigenvalue weighted by Gasteiger charge is 2.31. The molecule has 2 aromatic carbocycles.